The standard InChI is InChI=1S/C20H34O2.C18H36O2/c1-3-5-6-7-8-9-10-11-12-13-14-15-16-17-18-19-20(21)22-4-2;1-3-5-6-7-8-9-10-11-12-13-14-15-16-17-18(19)20-4-2/h5-6,8-9,11-12H,3-4,7,10,13-19H2,1-2H3;3-17H2,1-2H3. The van der Waals surface area contributed by atoms with Gasteiger partial charge >= 0.3 is 11.9 Å². The Hall–Kier alpha value is -1.84. The molecule has 0 radical (unpaired) electrons. The Labute approximate surface area is 262 Å². The van der Waals surface area contributed by atoms with Crippen molar-refractivity contribution in [1.82, 2.24) is 0 Å². The van der Waals surface area contributed by atoms with Gasteiger partial charge in [0.25, 0.3) is 0 Å². The van der Waals surface area contributed by atoms with E-state index in [1.54, 1.807) is 0 Å². The first-order valence-corrected chi connectivity index (χ1v) is 17.9. The molecule has 0 unspecified atom stereocenters. The second-order valence-corrected chi connectivity index (χ2v) is 11.2. The zero-order valence-corrected chi connectivity index (χ0v) is 28.5. The van der Waals surface area contributed by atoms with Gasteiger partial charge in [-0.1, -0.05) is 147 Å². The smallest absolute Gasteiger partial charge is 0.305 e. The molecule has 0 rings (SSSR count). The van der Waals surface area contributed by atoms with Gasteiger partial charge in [0.2, 0.25) is 0 Å². The highest BCUT2D eigenvalue weighted by Crippen LogP contribution is 2.13. The van der Waals surface area contributed by atoms with Gasteiger partial charge in [-0.2, -0.15) is 0 Å². The number of rotatable bonds is 29. The number of carbonyl (C=O) groups is 2. The lowest BCUT2D eigenvalue weighted by Crippen LogP contribution is -2.03. The molecular weight excluding hydrogens is 520 g/mol. The fourth-order valence-electron chi connectivity index (χ4n) is 4.64. The Morgan fingerprint density at radius 2 is 0.786 bits per heavy atom. The molecule has 0 atom stereocenters. The van der Waals surface area contributed by atoms with E-state index in [0.29, 0.717) is 26.1 Å². The van der Waals surface area contributed by atoms with Crippen molar-refractivity contribution in [2.75, 3.05) is 13.2 Å². The maximum atomic E-state index is 11.1. The highest BCUT2D eigenvalue weighted by atomic mass is 16.5. The molecule has 0 bridgehead atoms. The summed E-state index contributed by atoms with van der Waals surface area (Å²) < 4.78 is 9.81. The lowest BCUT2D eigenvalue weighted by atomic mass is 10.0. The lowest BCUT2D eigenvalue weighted by molar-refractivity contribution is -0.144. The van der Waals surface area contributed by atoms with E-state index in [2.05, 4.69) is 50.3 Å². The highest BCUT2D eigenvalue weighted by molar-refractivity contribution is 5.69. The van der Waals surface area contributed by atoms with E-state index in [9.17, 15) is 9.59 Å². The van der Waals surface area contributed by atoms with E-state index in [1.165, 1.54) is 103 Å². The number of allylic oxidation sites excluding steroid dienone is 6. The molecule has 0 aromatic rings. The van der Waals surface area contributed by atoms with Gasteiger partial charge in [-0.15, -0.1) is 0 Å². The summed E-state index contributed by atoms with van der Waals surface area (Å²) in [7, 11) is 0. The maximum absolute atomic E-state index is 11.1. The number of esters is 2. The van der Waals surface area contributed by atoms with Crippen molar-refractivity contribution in [1.29, 1.82) is 0 Å². The number of hydrogen-bond donors (Lipinski definition) is 0. The van der Waals surface area contributed by atoms with Crippen molar-refractivity contribution >= 4 is 11.9 Å². The van der Waals surface area contributed by atoms with Crippen LogP contribution in [0.25, 0.3) is 0 Å². The second-order valence-electron chi connectivity index (χ2n) is 11.2. The first kappa shape index (κ1) is 42.3. The Morgan fingerprint density at radius 1 is 0.429 bits per heavy atom. The Morgan fingerprint density at radius 3 is 1.19 bits per heavy atom. The van der Waals surface area contributed by atoms with E-state index in [4.69, 9.17) is 9.47 Å². The van der Waals surface area contributed by atoms with Crippen LogP contribution in [0.1, 0.15) is 182 Å². The van der Waals surface area contributed by atoms with E-state index in [0.717, 1.165) is 38.5 Å². The molecule has 0 N–H and O–H groups in total. The summed E-state index contributed by atoms with van der Waals surface area (Å²) >= 11 is 0. The molecule has 0 amide bonds. The summed E-state index contributed by atoms with van der Waals surface area (Å²) in [6, 6.07) is 0. The van der Waals surface area contributed by atoms with Gasteiger partial charge in [0, 0.05) is 12.8 Å². The summed E-state index contributed by atoms with van der Waals surface area (Å²) in [5.41, 5.74) is 0. The second kappa shape index (κ2) is 39.2. The first-order valence-electron chi connectivity index (χ1n) is 17.9. The number of ether oxygens (including phenoxy) is 2. The van der Waals surface area contributed by atoms with Crippen LogP contribution in [-0.4, -0.2) is 25.2 Å². The summed E-state index contributed by atoms with van der Waals surface area (Å²) in [4.78, 5) is 22.3. The third-order valence-corrected chi connectivity index (χ3v) is 7.13. The van der Waals surface area contributed by atoms with Crippen molar-refractivity contribution in [2.24, 2.45) is 0 Å². The summed E-state index contributed by atoms with van der Waals surface area (Å²) in [5.74, 6) is -0.0840. The van der Waals surface area contributed by atoms with Crippen molar-refractivity contribution < 1.29 is 19.1 Å². The van der Waals surface area contributed by atoms with Crippen molar-refractivity contribution in [2.45, 2.75) is 182 Å². The van der Waals surface area contributed by atoms with Crippen molar-refractivity contribution in [3.63, 3.8) is 0 Å². The van der Waals surface area contributed by atoms with Crippen LogP contribution in [0.4, 0.5) is 0 Å². The highest BCUT2D eigenvalue weighted by Gasteiger charge is 2.01. The monoisotopic (exact) mass is 591 g/mol. The predicted octanol–water partition coefficient (Wildman–Crippen LogP) is 12.2. The Balaban J connectivity index is 0. The largest absolute Gasteiger partial charge is 0.466 e. The average Bonchev–Trinajstić information content (AvgIpc) is 2.98. The molecular formula is C38H70O4. The van der Waals surface area contributed by atoms with Crippen LogP contribution in [0.2, 0.25) is 0 Å². The molecule has 0 fully saturated rings. The van der Waals surface area contributed by atoms with Gasteiger partial charge in [-0.3, -0.25) is 9.59 Å². The molecule has 246 valence electrons. The fourth-order valence-corrected chi connectivity index (χ4v) is 4.64. The summed E-state index contributed by atoms with van der Waals surface area (Å²) in [5, 5.41) is 0. The quantitative estimate of drug-likeness (QED) is 0.0494. The van der Waals surface area contributed by atoms with E-state index >= 15 is 0 Å². The topological polar surface area (TPSA) is 52.6 Å². The molecule has 0 aliphatic carbocycles. The summed E-state index contributed by atoms with van der Waals surface area (Å²) in [6.07, 6.45) is 42.2. The Kier molecular flexibility index (Phi) is 39.4. The molecule has 4 heteroatoms. The minimum atomic E-state index is -0.0522. The summed E-state index contributed by atoms with van der Waals surface area (Å²) in [6.45, 7) is 9.15. The van der Waals surface area contributed by atoms with Crippen molar-refractivity contribution in [3.8, 4) is 0 Å². The molecule has 42 heavy (non-hydrogen) atoms. The van der Waals surface area contributed by atoms with Crippen LogP contribution < -0.4 is 0 Å². The van der Waals surface area contributed by atoms with Crippen LogP contribution in [0.5, 0.6) is 0 Å². The van der Waals surface area contributed by atoms with Crippen LogP contribution >= 0.6 is 0 Å². The van der Waals surface area contributed by atoms with E-state index in [1.807, 2.05) is 13.8 Å². The molecule has 0 saturated carbocycles. The maximum Gasteiger partial charge on any atom is 0.305 e. The average molecular weight is 591 g/mol. The Bertz CT molecular complexity index is 635. The van der Waals surface area contributed by atoms with Gasteiger partial charge in [-0.05, 0) is 58.8 Å². The van der Waals surface area contributed by atoms with Crippen LogP contribution in [0.3, 0.4) is 0 Å². The fraction of sp³-hybridized carbons (Fsp3) is 0.789. The minimum Gasteiger partial charge on any atom is -0.466 e. The first-order chi connectivity index (χ1) is 20.6. The molecule has 0 aromatic heterocycles. The predicted molar refractivity (Wildman–Crippen MR) is 183 cm³/mol. The van der Waals surface area contributed by atoms with Crippen molar-refractivity contribution in [3.05, 3.63) is 36.5 Å². The zero-order chi connectivity index (χ0) is 31.2. The third kappa shape index (κ3) is 40.3. The zero-order valence-electron chi connectivity index (χ0n) is 28.5. The van der Waals surface area contributed by atoms with Crippen LogP contribution in [0.15, 0.2) is 36.5 Å². The molecule has 4 nitrogen and oxygen atoms in total. The van der Waals surface area contributed by atoms with E-state index in [-0.39, 0.29) is 11.9 Å². The molecule has 0 aliphatic heterocycles. The van der Waals surface area contributed by atoms with Gasteiger partial charge in [0.15, 0.2) is 0 Å². The number of unbranched alkanes of at least 4 members (excludes halogenated alkanes) is 17. The molecule has 0 aromatic carbocycles. The molecule has 0 aliphatic rings. The van der Waals surface area contributed by atoms with Gasteiger partial charge < -0.3 is 9.47 Å². The van der Waals surface area contributed by atoms with Gasteiger partial charge in [-0.25, -0.2) is 0 Å². The van der Waals surface area contributed by atoms with Gasteiger partial charge in [0.1, 0.15) is 0 Å². The number of hydrogen-bond acceptors (Lipinski definition) is 4. The van der Waals surface area contributed by atoms with Gasteiger partial charge in [0.05, 0.1) is 13.2 Å². The SMILES string of the molecule is CCC=CCC=CCC=CCCCCCCCC(=O)OCC.CCCCCCCCCCCCCCCC(=O)OCC. The minimum absolute atomic E-state index is 0.0319. The van der Waals surface area contributed by atoms with E-state index < -0.39 is 0 Å². The molecule has 0 spiro atoms. The molecule has 0 saturated heterocycles. The van der Waals surface area contributed by atoms with Crippen LogP contribution in [-0.2, 0) is 19.1 Å². The number of carbonyl (C=O) groups excluding carboxylic acids is 2. The third-order valence-electron chi connectivity index (χ3n) is 7.13. The lowest BCUT2D eigenvalue weighted by Gasteiger charge is -2.03. The normalized spacial score (nSPS) is 11.3. The molecule has 0 heterocycles. The van der Waals surface area contributed by atoms with Crippen LogP contribution in [0, 0.1) is 0 Å².